The molecule has 3 aromatic rings. The molecule has 1 heterocycles. The first-order valence-electron chi connectivity index (χ1n) is 10.2. The first kappa shape index (κ1) is 19.7. The largest absolute Gasteiger partial charge is 0.474 e. The zero-order valence-electron chi connectivity index (χ0n) is 16.7. The third kappa shape index (κ3) is 4.49. The van der Waals surface area contributed by atoms with Crippen LogP contribution in [0.3, 0.4) is 0 Å². The molecule has 0 atom stereocenters. The van der Waals surface area contributed by atoms with E-state index in [9.17, 15) is 10.1 Å². The molecule has 1 saturated carbocycles. The van der Waals surface area contributed by atoms with Crippen LogP contribution in [0.1, 0.15) is 47.2 Å². The van der Waals surface area contributed by atoms with Crippen molar-refractivity contribution in [3.05, 3.63) is 83.6 Å². The molecule has 0 aliphatic heterocycles. The standard InChI is InChI=1S/C25H23N3O2/c26-16-19-7-1-4-10-21(19)22-11-5-6-12-23(22)25(29)28-17-18-13-14-27-24(15-18)30-20-8-2-3-9-20/h1,4-7,10-15,20H,2-3,8-9,17H2,(H,28,29). The van der Waals surface area contributed by atoms with E-state index in [1.165, 1.54) is 12.8 Å². The van der Waals surface area contributed by atoms with Crippen LogP contribution in [0.15, 0.2) is 66.9 Å². The van der Waals surface area contributed by atoms with Gasteiger partial charge in [0.1, 0.15) is 6.10 Å². The molecule has 1 aromatic heterocycles. The molecule has 150 valence electrons. The Bertz CT molecular complexity index is 1080. The molecular formula is C25H23N3O2. The van der Waals surface area contributed by atoms with E-state index in [4.69, 9.17) is 4.74 Å². The van der Waals surface area contributed by atoms with Crippen molar-refractivity contribution in [1.82, 2.24) is 10.3 Å². The lowest BCUT2D eigenvalue weighted by molar-refractivity contribution is 0.0951. The fraction of sp³-hybridized carbons (Fsp3) is 0.240. The van der Waals surface area contributed by atoms with Gasteiger partial charge < -0.3 is 10.1 Å². The second kappa shape index (κ2) is 9.23. The minimum Gasteiger partial charge on any atom is -0.474 e. The lowest BCUT2D eigenvalue weighted by Crippen LogP contribution is -2.23. The summed E-state index contributed by atoms with van der Waals surface area (Å²) in [5.41, 5.74) is 3.51. The molecule has 2 aromatic carbocycles. The number of benzene rings is 2. The predicted octanol–water partition coefficient (Wildman–Crippen LogP) is 4.87. The smallest absolute Gasteiger partial charge is 0.252 e. The molecule has 1 aliphatic rings. The number of hydrogen-bond acceptors (Lipinski definition) is 4. The van der Waals surface area contributed by atoms with E-state index in [0.717, 1.165) is 29.5 Å². The molecule has 0 saturated heterocycles. The van der Waals surface area contributed by atoms with Gasteiger partial charge in [-0.25, -0.2) is 4.98 Å². The van der Waals surface area contributed by atoms with Crippen molar-refractivity contribution in [1.29, 1.82) is 5.26 Å². The predicted molar refractivity (Wildman–Crippen MR) is 115 cm³/mol. The van der Waals surface area contributed by atoms with Gasteiger partial charge in [-0.1, -0.05) is 36.4 Å². The molecule has 1 N–H and O–H groups in total. The quantitative estimate of drug-likeness (QED) is 0.644. The third-order valence-electron chi connectivity index (χ3n) is 5.35. The molecule has 0 bridgehead atoms. The first-order chi connectivity index (χ1) is 14.7. The van der Waals surface area contributed by atoms with E-state index in [1.807, 2.05) is 48.5 Å². The summed E-state index contributed by atoms with van der Waals surface area (Å²) in [4.78, 5) is 17.2. The van der Waals surface area contributed by atoms with Crippen LogP contribution in [0, 0.1) is 11.3 Å². The number of nitrogens with one attached hydrogen (secondary N) is 1. The van der Waals surface area contributed by atoms with Crippen LogP contribution in [0.2, 0.25) is 0 Å². The van der Waals surface area contributed by atoms with Crippen LogP contribution in [-0.2, 0) is 6.54 Å². The van der Waals surface area contributed by atoms with E-state index in [-0.39, 0.29) is 12.0 Å². The summed E-state index contributed by atoms with van der Waals surface area (Å²) in [6.07, 6.45) is 6.51. The van der Waals surface area contributed by atoms with Gasteiger partial charge in [0.05, 0.1) is 11.6 Å². The maximum absolute atomic E-state index is 12.9. The number of aromatic nitrogens is 1. The molecule has 0 radical (unpaired) electrons. The highest BCUT2D eigenvalue weighted by atomic mass is 16.5. The number of amides is 1. The zero-order chi connectivity index (χ0) is 20.8. The van der Waals surface area contributed by atoms with Crippen molar-refractivity contribution < 1.29 is 9.53 Å². The van der Waals surface area contributed by atoms with E-state index in [2.05, 4.69) is 16.4 Å². The SMILES string of the molecule is N#Cc1ccccc1-c1ccccc1C(=O)NCc1ccnc(OC2CCCC2)c1. The molecular weight excluding hydrogens is 374 g/mol. The molecule has 1 amide bonds. The first-order valence-corrected chi connectivity index (χ1v) is 10.2. The summed E-state index contributed by atoms with van der Waals surface area (Å²) in [5, 5.41) is 12.4. The van der Waals surface area contributed by atoms with E-state index in [1.54, 1.807) is 18.3 Å². The average Bonchev–Trinajstić information content (AvgIpc) is 3.30. The minimum atomic E-state index is -0.187. The van der Waals surface area contributed by atoms with Crippen LogP contribution in [0.5, 0.6) is 5.88 Å². The molecule has 5 heteroatoms. The van der Waals surface area contributed by atoms with Gasteiger partial charge in [-0.05, 0) is 55.0 Å². The second-order valence-corrected chi connectivity index (χ2v) is 7.41. The van der Waals surface area contributed by atoms with Crippen molar-refractivity contribution >= 4 is 5.91 Å². The molecule has 1 aliphatic carbocycles. The van der Waals surface area contributed by atoms with Gasteiger partial charge in [0.25, 0.3) is 5.91 Å². The van der Waals surface area contributed by atoms with Gasteiger partial charge in [0.15, 0.2) is 0 Å². The van der Waals surface area contributed by atoms with Crippen molar-refractivity contribution in [3.63, 3.8) is 0 Å². The van der Waals surface area contributed by atoms with Crippen LogP contribution in [0.4, 0.5) is 0 Å². The summed E-state index contributed by atoms with van der Waals surface area (Å²) in [7, 11) is 0. The van der Waals surface area contributed by atoms with Crippen molar-refractivity contribution in [2.24, 2.45) is 0 Å². The zero-order valence-corrected chi connectivity index (χ0v) is 16.7. The normalized spacial score (nSPS) is 13.6. The maximum Gasteiger partial charge on any atom is 0.252 e. The van der Waals surface area contributed by atoms with Crippen molar-refractivity contribution in [2.75, 3.05) is 0 Å². The van der Waals surface area contributed by atoms with Crippen LogP contribution >= 0.6 is 0 Å². The molecule has 4 rings (SSSR count). The topological polar surface area (TPSA) is 75.0 Å². The molecule has 5 nitrogen and oxygen atoms in total. The minimum absolute atomic E-state index is 0.187. The highest BCUT2D eigenvalue weighted by Crippen LogP contribution is 2.27. The Kier molecular flexibility index (Phi) is 6.05. The Labute approximate surface area is 176 Å². The maximum atomic E-state index is 12.9. The lowest BCUT2D eigenvalue weighted by atomic mass is 9.95. The Morgan fingerprint density at radius 3 is 2.60 bits per heavy atom. The number of rotatable bonds is 6. The monoisotopic (exact) mass is 397 g/mol. The van der Waals surface area contributed by atoms with Crippen LogP contribution < -0.4 is 10.1 Å². The van der Waals surface area contributed by atoms with E-state index in [0.29, 0.717) is 23.6 Å². The molecule has 0 spiro atoms. The van der Waals surface area contributed by atoms with Gasteiger partial charge in [-0.3, -0.25) is 4.79 Å². The number of hydrogen-bond donors (Lipinski definition) is 1. The Hall–Kier alpha value is -3.65. The fourth-order valence-electron chi connectivity index (χ4n) is 3.81. The number of ether oxygens (including phenoxy) is 1. The van der Waals surface area contributed by atoms with Gasteiger partial charge in [-0.15, -0.1) is 0 Å². The summed E-state index contributed by atoms with van der Waals surface area (Å²) in [6.45, 7) is 0.372. The number of carbonyl (C=O) groups excluding carboxylic acids is 1. The number of pyridine rings is 1. The second-order valence-electron chi connectivity index (χ2n) is 7.41. The van der Waals surface area contributed by atoms with Crippen LogP contribution in [0.25, 0.3) is 11.1 Å². The average molecular weight is 397 g/mol. The third-order valence-corrected chi connectivity index (χ3v) is 5.35. The van der Waals surface area contributed by atoms with Gasteiger partial charge in [-0.2, -0.15) is 5.26 Å². The highest BCUT2D eigenvalue weighted by Gasteiger charge is 2.17. The number of nitriles is 1. The Morgan fingerprint density at radius 2 is 1.80 bits per heavy atom. The summed E-state index contributed by atoms with van der Waals surface area (Å²) in [5.74, 6) is 0.422. The summed E-state index contributed by atoms with van der Waals surface area (Å²) < 4.78 is 5.96. The summed E-state index contributed by atoms with van der Waals surface area (Å²) >= 11 is 0. The van der Waals surface area contributed by atoms with Gasteiger partial charge in [0, 0.05) is 29.9 Å². The highest BCUT2D eigenvalue weighted by molar-refractivity contribution is 6.01. The van der Waals surface area contributed by atoms with Gasteiger partial charge >= 0.3 is 0 Å². The van der Waals surface area contributed by atoms with E-state index >= 15 is 0 Å². The fourth-order valence-corrected chi connectivity index (χ4v) is 3.81. The van der Waals surface area contributed by atoms with Crippen molar-refractivity contribution in [3.8, 4) is 23.1 Å². The lowest BCUT2D eigenvalue weighted by Gasteiger charge is -2.14. The number of carbonyl (C=O) groups is 1. The van der Waals surface area contributed by atoms with Gasteiger partial charge in [0.2, 0.25) is 5.88 Å². The molecule has 30 heavy (non-hydrogen) atoms. The Morgan fingerprint density at radius 1 is 1.07 bits per heavy atom. The molecule has 0 unspecified atom stereocenters. The Balaban J connectivity index is 1.48. The summed E-state index contributed by atoms with van der Waals surface area (Å²) in [6, 6.07) is 20.6. The van der Waals surface area contributed by atoms with Crippen molar-refractivity contribution in [2.45, 2.75) is 38.3 Å². The molecule has 1 fully saturated rings. The van der Waals surface area contributed by atoms with Crippen LogP contribution in [-0.4, -0.2) is 17.0 Å². The number of nitrogens with zero attached hydrogens (tertiary/aromatic N) is 2. The van der Waals surface area contributed by atoms with E-state index < -0.39 is 0 Å².